The molecule has 15 heteroatoms. The van der Waals surface area contributed by atoms with Crippen molar-refractivity contribution in [3.63, 3.8) is 0 Å². The first kappa shape index (κ1) is 29.1. The van der Waals surface area contributed by atoms with Crippen molar-refractivity contribution in [1.29, 1.82) is 0 Å². The average Bonchev–Trinajstić information content (AvgIpc) is 2.79. The summed E-state index contributed by atoms with van der Waals surface area (Å²) < 4.78 is 14.7. The lowest BCUT2D eigenvalue weighted by molar-refractivity contribution is -0.141. The van der Waals surface area contributed by atoms with Crippen LogP contribution >= 0.6 is 11.6 Å². The van der Waals surface area contributed by atoms with Crippen LogP contribution in [0.15, 0.2) is 12.1 Å². The van der Waals surface area contributed by atoms with Crippen LogP contribution < -0.4 is 27.0 Å². The maximum Gasteiger partial charge on any atom is 0.326 e. The zero-order valence-electron chi connectivity index (χ0n) is 18.9. The molecule has 6 amide bonds. The largest absolute Gasteiger partial charge is 0.480 e. The summed E-state index contributed by atoms with van der Waals surface area (Å²) in [6, 6.07) is -1.44. The van der Waals surface area contributed by atoms with E-state index in [1.807, 2.05) is 0 Å². The molecule has 0 aromatic heterocycles. The Morgan fingerprint density at radius 3 is 2.49 bits per heavy atom. The molecular weight excluding hydrogens is 491 g/mol. The molecule has 13 nitrogen and oxygen atoms in total. The van der Waals surface area contributed by atoms with Gasteiger partial charge in [0.2, 0.25) is 18.2 Å². The molecule has 0 heterocycles. The molecule has 1 aromatic rings. The molecule has 2 atom stereocenters. The summed E-state index contributed by atoms with van der Waals surface area (Å²) in [5.41, 5.74) is 4.25. The van der Waals surface area contributed by atoms with Crippen molar-refractivity contribution in [2.24, 2.45) is 5.73 Å². The van der Waals surface area contributed by atoms with E-state index in [1.54, 1.807) is 0 Å². The Morgan fingerprint density at radius 1 is 1.26 bits per heavy atom. The van der Waals surface area contributed by atoms with E-state index in [-0.39, 0.29) is 30.0 Å². The number of rotatable bonds is 13. The summed E-state index contributed by atoms with van der Waals surface area (Å²) in [4.78, 5) is 70.3. The molecular formula is C20H26ClFN6O7. The molecule has 0 saturated carbocycles. The highest BCUT2D eigenvalue weighted by molar-refractivity contribution is 6.34. The molecule has 0 radical (unpaired) electrons. The molecule has 0 bridgehead atoms. The Kier molecular flexibility index (Phi) is 11.4. The Bertz CT molecular complexity index is 993. The average molecular weight is 517 g/mol. The number of carboxylic acid groups (broad SMARTS) is 1. The fourth-order valence-corrected chi connectivity index (χ4v) is 2.97. The minimum atomic E-state index is -1.27. The first-order valence-corrected chi connectivity index (χ1v) is 10.6. The number of hydrogen-bond donors (Lipinski definition) is 6. The van der Waals surface area contributed by atoms with Gasteiger partial charge in [0.1, 0.15) is 17.9 Å². The molecule has 0 saturated heterocycles. The van der Waals surface area contributed by atoms with Crippen LogP contribution in [-0.2, 0) is 19.2 Å². The third-order valence-corrected chi connectivity index (χ3v) is 5.08. The van der Waals surface area contributed by atoms with E-state index in [2.05, 4.69) is 21.3 Å². The molecule has 1 unspecified atom stereocenters. The smallest absolute Gasteiger partial charge is 0.326 e. The lowest BCUT2D eigenvalue weighted by Gasteiger charge is -2.22. The standard InChI is InChI=1S/C20H26ClFN6O7/c1-10(19(33)34)28(2)18(32)11-6-13(22)15(7-12(11)21)27-17(31)14(4-3-5-25-20(23)35)26-16(30)8-24-9-29/h6-7,9-10,14H,3-5,8H2,1-2H3,(H,24,29)(H,26,30)(H,27,31)(H,33,34)(H3,23,25,35)/t10-,14?/m0/s1. The molecule has 0 aliphatic heterocycles. The first-order chi connectivity index (χ1) is 16.4. The number of halogens is 2. The van der Waals surface area contributed by atoms with Crippen molar-refractivity contribution in [1.82, 2.24) is 20.9 Å². The zero-order chi connectivity index (χ0) is 26.7. The van der Waals surface area contributed by atoms with Gasteiger partial charge in [0.05, 0.1) is 22.8 Å². The number of anilines is 1. The van der Waals surface area contributed by atoms with E-state index >= 15 is 0 Å². The molecule has 192 valence electrons. The number of amides is 6. The fraction of sp³-hybridized carbons (Fsp3) is 0.400. The van der Waals surface area contributed by atoms with E-state index in [9.17, 15) is 33.2 Å². The highest BCUT2D eigenvalue weighted by Crippen LogP contribution is 2.26. The van der Waals surface area contributed by atoms with Gasteiger partial charge in [0, 0.05) is 13.6 Å². The number of urea groups is 1. The molecule has 0 fully saturated rings. The van der Waals surface area contributed by atoms with Gasteiger partial charge in [-0.3, -0.25) is 19.2 Å². The number of benzene rings is 1. The topological polar surface area (TPSA) is 200 Å². The Balaban J connectivity index is 3.04. The van der Waals surface area contributed by atoms with Gasteiger partial charge in [-0.2, -0.15) is 0 Å². The van der Waals surface area contributed by atoms with Crippen LogP contribution in [0, 0.1) is 5.82 Å². The normalized spacial score (nSPS) is 12.0. The monoisotopic (exact) mass is 516 g/mol. The lowest BCUT2D eigenvalue weighted by Crippen LogP contribution is -2.47. The molecule has 7 N–H and O–H groups in total. The van der Waals surface area contributed by atoms with E-state index in [4.69, 9.17) is 22.4 Å². The number of hydrogen-bond acceptors (Lipinski definition) is 6. The Morgan fingerprint density at radius 2 is 1.91 bits per heavy atom. The van der Waals surface area contributed by atoms with Crippen molar-refractivity contribution >= 4 is 53.4 Å². The van der Waals surface area contributed by atoms with E-state index in [0.717, 1.165) is 17.0 Å². The third-order valence-electron chi connectivity index (χ3n) is 4.77. The van der Waals surface area contributed by atoms with Crippen LogP contribution in [0.4, 0.5) is 14.9 Å². The second-order valence-electron chi connectivity index (χ2n) is 7.28. The number of likely N-dealkylation sites (N-methyl/N-ethyl adjacent to an activating group) is 1. The van der Waals surface area contributed by atoms with Gasteiger partial charge in [-0.05, 0) is 31.9 Å². The molecule has 1 aromatic carbocycles. The van der Waals surface area contributed by atoms with E-state index in [1.165, 1.54) is 14.0 Å². The van der Waals surface area contributed by atoms with Gasteiger partial charge in [-0.25, -0.2) is 14.0 Å². The highest BCUT2D eigenvalue weighted by Gasteiger charge is 2.27. The summed E-state index contributed by atoms with van der Waals surface area (Å²) >= 11 is 6.09. The fourth-order valence-electron chi connectivity index (χ4n) is 2.72. The van der Waals surface area contributed by atoms with E-state index in [0.29, 0.717) is 6.41 Å². The second-order valence-corrected chi connectivity index (χ2v) is 7.69. The van der Waals surface area contributed by atoms with Gasteiger partial charge < -0.3 is 37.0 Å². The quantitative estimate of drug-likeness (QED) is 0.152. The van der Waals surface area contributed by atoms with Crippen LogP contribution in [0.5, 0.6) is 0 Å². The van der Waals surface area contributed by atoms with E-state index < -0.39 is 59.9 Å². The molecule has 0 spiro atoms. The maximum atomic E-state index is 14.7. The maximum absolute atomic E-state index is 14.7. The summed E-state index contributed by atoms with van der Waals surface area (Å²) in [6.45, 7) is 0.948. The van der Waals surface area contributed by atoms with Gasteiger partial charge in [-0.1, -0.05) is 11.6 Å². The molecule has 0 aliphatic rings. The Hall–Kier alpha value is -3.94. The third kappa shape index (κ3) is 9.08. The summed E-state index contributed by atoms with van der Waals surface area (Å²) in [7, 11) is 1.21. The van der Waals surface area contributed by atoms with Crippen LogP contribution in [-0.4, -0.2) is 78.4 Å². The minimum Gasteiger partial charge on any atom is -0.480 e. The van der Waals surface area contributed by atoms with Crippen LogP contribution in [0.25, 0.3) is 0 Å². The SMILES string of the molecule is C[C@@H](C(=O)O)N(C)C(=O)c1cc(F)c(NC(=O)C(CCCNC(N)=O)NC(=O)CNC=O)cc1Cl. The number of nitrogens with zero attached hydrogens (tertiary/aromatic N) is 1. The van der Waals surface area contributed by atoms with Gasteiger partial charge in [-0.15, -0.1) is 0 Å². The predicted molar refractivity (Wildman–Crippen MR) is 122 cm³/mol. The number of aliphatic carboxylic acids is 1. The number of nitrogens with two attached hydrogens (primary N) is 1. The highest BCUT2D eigenvalue weighted by atomic mass is 35.5. The number of carboxylic acids is 1. The zero-order valence-corrected chi connectivity index (χ0v) is 19.6. The van der Waals surface area contributed by atoms with Gasteiger partial charge >= 0.3 is 12.0 Å². The molecule has 35 heavy (non-hydrogen) atoms. The minimum absolute atomic E-state index is 0.0166. The summed E-state index contributed by atoms with van der Waals surface area (Å²) in [5, 5.41) is 17.9. The van der Waals surface area contributed by atoms with Crippen LogP contribution in [0.1, 0.15) is 30.1 Å². The van der Waals surface area contributed by atoms with Crippen molar-refractivity contribution in [2.45, 2.75) is 31.8 Å². The van der Waals surface area contributed by atoms with Crippen molar-refractivity contribution in [2.75, 3.05) is 25.5 Å². The number of carbonyl (C=O) groups is 6. The van der Waals surface area contributed by atoms with Crippen LogP contribution in [0.2, 0.25) is 5.02 Å². The van der Waals surface area contributed by atoms with Crippen molar-refractivity contribution in [3.05, 3.63) is 28.5 Å². The predicted octanol–water partition coefficient (Wildman–Crippen LogP) is -0.358. The summed E-state index contributed by atoms with van der Waals surface area (Å²) in [6.07, 6.45) is 0.524. The first-order valence-electron chi connectivity index (χ1n) is 10.2. The number of nitrogens with one attached hydrogen (secondary N) is 4. The molecule has 1 rings (SSSR count). The van der Waals surface area contributed by atoms with Gasteiger partial charge in [0.25, 0.3) is 5.91 Å². The van der Waals surface area contributed by atoms with Crippen molar-refractivity contribution in [3.8, 4) is 0 Å². The second kappa shape index (κ2) is 13.7. The van der Waals surface area contributed by atoms with Crippen LogP contribution in [0.3, 0.4) is 0 Å². The summed E-state index contributed by atoms with van der Waals surface area (Å²) in [5.74, 6) is -4.70. The van der Waals surface area contributed by atoms with Gasteiger partial charge in [0.15, 0.2) is 0 Å². The lowest BCUT2D eigenvalue weighted by atomic mass is 10.1. The number of carbonyl (C=O) groups excluding carboxylic acids is 5. The van der Waals surface area contributed by atoms with Crippen molar-refractivity contribution < 1.29 is 38.3 Å². The number of primary amides is 1. The molecule has 0 aliphatic carbocycles. The Labute approximate surface area is 204 Å².